The highest BCUT2D eigenvalue weighted by molar-refractivity contribution is 5.83. The number of ether oxygens (including phenoxy) is 4. The summed E-state index contributed by atoms with van der Waals surface area (Å²) in [5, 5.41) is 12.8. The average molecular weight is 475 g/mol. The van der Waals surface area contributed by atoms with Gasteiger partial charge in [-0.3, -0.25) is 9.69 Å². The molecule has 0 aromatic heterocycles. The van der Waals surface area contributed by atoms with Gasteiger partial charge in [0.25, 0.3) is 0 Å². The summed E-state index contributed by atoms with van der Waals surface area (Å²) >= 11 is 0. The Morgan fingerprint density at radius 2 is 1.64 bits per heavy atom. The number of nitrogens with one attached hydrogen (secondary N) is 1. The maximum absolute atomic E-state index is 13.3. The van der Waals surface area contributed by atoms with Crippen molar-refractivity contribution in [1.82, 2.24) is 10.2 Å². The molecule has 2 amide bonds. The number of carbonyl (C=O) groups is 3. The maximum atomic E-state index is 13.3. The minimum atomic E-state index is -0.970. The number of hydrogen-bond donors (Lipinski definition) is 2. The Balaban J connectivity index is 3.39. The van der Waals surface area contributed by atoms with Crippen LogP contribution in [0.4, 0.5) is 4.79 Å². The largest absolute Gasteiger partial charge is 0.458 e. The van der Waals surface area contributed by atoms with Crippen LogP contribution in [0.25, 0.3) is 0 Å². The number of nitrogens with zero attached hydrogens (tertiary/aromatic N) is 1. The predicted octanol–water partition coefficient (Wildman–Crippen LogP) is 2.22. The monoisotopic (exact) mass is 474 g/mol. The minimum absolute atomic E-state index is 0.139. The number of rotatable bonds is 9. The Morgan fingerprint density at radius 1 is 1.06 bits per heavy atom. The molecule has 2 unspecified atom stereocenters. The van der Waals surface area contributed by atoms with Crippen LogP contribution in [-0.2, 0) is 28.5 Å². The van der Waals surface area contributed by atoms with Crippen molar-refractivity contribution < 1.29 is 38.4 Å². The first-order chi connectivity index (χ1) is 15.1. The summed E-state index contributed by atoms with van der Waals surface area (Å²) in [5.41, 5.74) is -1.58. The first-order valence-corrected chi connectivity index (χ1v) is 11.4. The van der Waals surface area contributed by atoms with Crippen molar-refractivity contribution in [3.8, 4) is 0 Å². The van der Waals surface area contributed by atoms with E-state index in [-0.39, 0.29) is 18.9 Å². The molecule has 1 heterocycles. The van der Waals surface area contributed by atoms with Gasteiger partial charge in [-0.1, -0.05) is 0 Å². The Kier molecular flexibility index (Phi) is 10.6. The molecule has 0 aromatic carbocycles. The van der Waals surface area contributed by atoms with Gasteiger partial charge in [-0.15, -0.1) is 0 Å². The standard InChI is InChI=1S/C23H42N2O8/c1-10-30-15(3)31-13-16-11-18(20(28)32-22(4,5)6)25(21(29)33-23(7,8)9)19(16)17(12-26)24-14(2)27/h15-19,26H,10-13H2,1-9H3,(H,24,27)/t15?,16-,17?,18+,19+/m0/s1. The van der Waals surface area contributed by atoms with E-state index in [4.69, 9.17) is 18.9 Å². The zero-order valence-corrected chi connectivity index (χ0v) is 21.5. The lowest BCUT2D eigenvalue weighted by Crippen LogP contribution is -2.58. The van der Waals surface area contributed by atoms with Crippen LogP contribution in [0.15, 0.2) is 0 Å². The lowest BCUT2D eigenvalue weighted by atomic mass is 9.94. The molecule has 2 N–H and O–H groups in total. The molecule has 1 rings (SSSR count). The maximum Gasteiger partial charge on any atom is 0.411 e. The van der Waals surface area contributed by atoms with Crippen molar-refractivity contribution >= 4 is 18.0 Å². The van der Waals surface area contributed by atoms with Crippen LogP contribution in [0, 0.1) is 5.92 Å². The number of amides is 2. The molecule has 5 atom stereocenters. The molecule has 33 heavy (non-hydrogen) atoms. The fourth-order valence-electron chi connectivity index (χ4n) is 3.85. The Hall–Kier alpha value is -1.91. The molecular weight excluding hydrogens is 432 g/mol. The summed E-state index contributed by atoms with van der Waals surface area (Å²) in [7, 11) is 0. The van der Waals surface area contributed by atoms with Gasteiger partial charge in [0.15, 0.2) is 6.29 Å². The van der Waals surface area contributed by atoms with Gasteiger partial charge < -0.3 is 29.4 Å². The third kappa shape index (κ3) is 9.46. The van der Waals surface area contributed by atoms with Gasteiger partial charge in [0, 0.05) is 19.4 Å². The van der Waals surface area contributed by atoms with E-state index in [1.807, 2.05) is 6.92 Å². The van der Waals surface area contributed by atoms with Crippen LogP contribution < -0.4 is 5.32 Å². The fourth-order valence-corrected chi connectivity index (χ4v) is 3.85. The smallest absolute Gasteiger partial charge is 0.411 e. The molecule has 0 aromatic rings. The molecule has 10 nitrogen and oxygen atoms in total. The van der Waals surface area contributed by atoms with E-state index in [0.717, 1.165) is 0 Å². The van der Waals surface area contributed by atoms with Gasteiger partial charge in [-0.2, -0.15) is 0 Å². The second kappa shape index (κ2) is 12.0. The second-order valence-corrected chi connectivity index (χ2v) is 10.3. The summed E-state index contributed by atoms with van der Waals surface area (Å²) < 4.78 is 22.4. The van der Waals surface area contributed by atoms with Crippen LogP contribution in [0.3, 0.4) is 0 Å². The molecule has 0 aliphatic carbocycles. The van der Waals surface area contributed by atoms with E-state index < -0.39 is 60.2 Å². The molecular formula is C23H42N2O8. The predicted molar refractivity (Wildman–Crippen MR) is 121 cm³/mol. The van der Waals surface area contributed by atoms with Crippen molar-refractivity contribution in [2.75, 3.05) is 19.8 Å². The molecule has 1 aliphatic rings. The molecule has 192 valence electrons. The average Bonchev–Trinajstić information content (AvgIpc) is 3.01. The lowest BCUT2D eigenvalue weighted by Gasteiger charge is -2.37. The van der Waals surface area contributed by atoms with E-state index in [1.165, 1.54) is 11.8 Å². The number of esters is 1. The molecule has 0 radical (unpaired) electrons. The number of carbonyl (C=O) groups excluding carboxylic acids is 3. The first kappa shape index (κ1) is 29.1. The van der Waals surface area contributed by atoms with Gasteiger partial charge in [0.2, 0.25) is 5.91 Å². The highest BCUT2D eigenvalue weighted by Gasteiger charge is 2.52. The number of aliphatic hydroxyl groups is 1. The van der Waals surface area contributed by atoms with E-state index in [1.54, 1.807) is 48.5 Å². The summed E-state index contributed by atoms with van der Waals surface area (Å²) in [5.74, 6) is -1.36. The number of hydrogen-bond acceptors (Lipinski definition) is 8. The summed E-state index contributed by atoms with van der Waals surface area (Å²) in [6.45, 7) is 15.5. The van der Waals surface area contributed by atoms with Gasteiger partial charge >= 0.3 is 12.1 Å². The van der Waals surface area contributed by atoms with Crippen LogP contribution in [0.2, 0.25) is 0 Å². The third-order valence-electron chi connectivity index (χ3n) is 4.89. The van der Waals surface area contributed by atoms with Crippen molar-refractivity contribution in [2.24, 2.45) is 5.92 Å². The topological polar surface area (TPSA) is 124 Å². The van der Waals surface area contributed by atoms with Gasteiger partial charge in [0.05, 0.1) is 25.3 Å². The van der Waals surface area contributed by atoms with E-state index in [9.17, 15) is 19.5 Å². The molecule has 1 aliphatic heterocycles. The summed E-state index contributed by atoms with van der Waals surface area (Å²) in [4.78, 5) is 39.5. The SMILES string of the molecule is CCOC(C)OC[C@@H]1C[C@H](C(=O)OC(C)(C)C)N(C(=O)OC(C)(C)C)[C@H]1C(CO)NC(C)=O. The Morgan fingerprint density at radius 3 is 2.09 bits per heavy atom. The van der Waals surface area contributed by atoms with E-state index >= 15 is 0 Å². The normalized spacial score (nSPS) is 23.1. The number of likely N-dealkylation sites (tertiary alicyclic amines) is 1. The molecule has 0 saturated carbocycles. The summed E-state index contributed by atoms with van der Waals surface area (Å²) in [6, 6.07) is -2.57. The molecule has 0 bridgehead atoms. The van der Waals surface area contributed by atoms with E-state index in [0.29, 0.717) is 6.61 Å². The molecule has 1 saturated heterocycles. The Labute approximate surface area is 197 Å². The van der Waals surface area contributed by atoms with Crippen LogP contribution >= 0.6 is 0 Å². The van der Waals surface area contributed by atoms with Gasteiger partial charge in [0.1, 0.15) is 17.2 Å². The van der Waals surface area contributed by atoms with Crippen LogP contribution in [0.1, 0.15) is 68.7 Å². The van der Waals surface area contributed by atoms with Crippen LogP contribution in [0.5, 0.6) is 0 Å². The second-order valence-electron chi connectivity index (χ2n) is 10.3. The third-order valence-corrected chi connectivity index (χ3v) is 4.89. The zero-order chi connectivity index (χ0) is 25.6. The molecule has 0 spiro atoms. The van der Waals surface area contributed by atoms with Crippen molar-refractivity contribution in [3.63, 3.8) is 0 Å². The molecule has 10 heteroatoms. The fraction of sp³-hybridized carbons (Fsp3) is 0.870. The minimum Gasteiger partial charge on any atom is -0.458 e. The van der Waals surface area contributed by atoms with Crippen LogP contribution in [-0.4, -0.2) is 83.4 Å². The Bertz CT molecular complexity index is 670. The zero-order valence-electron chi connectivity index (χ0n) is 21.5. The van der Waals surface area contributed by atoms with Gasteiger partial charge in [-0.25, -0.2) is 9.59 Å². The highest BCUT2D eigenvalue weighted by atomic mass is 16.7. The van der Waals surface area contributed by atoms with Crippen molar-refractivity contribution in [1.29, 1.82) is 0 Å². The van der Waals surface area contributed by atoms with E-state index in [2.05, 4.69) is 5.32 Å². The number of aliphatic hydroxyl groups excluding tert-OH is 1. The first-order valence-electron chi connectivity index (χ1n) is 11.4. The summed E-state index contributed by atoms with van der Waals surface area (Å²) in [6.07, 6.45) is -1.01. The van der Waals surface area contributed by atoms with Crippen molar-refractivity contribution in [2.45, 2.75) is 104 Å². The lowest BCUT2D eigenvalue weighted by molar-refractivity contribution is -0.160. The quantitative estimate of drug-likeness (QED) is 0.385. The van der Waals surface area contributed by atoms with Crippen molar-refractivity contribution in [3.05, 3.63) is 0 Å². The molecule has 1 fully saturated rings. The highest BCUT2D eigenvalue weighted by Crippen LogP contribution is 2.35. The van der Waals surface area contributed by atoms with Gasteiger partial charge in [-0.05, 0) is 61.8 Å².